The second-order valence-electron chi connectivity index (χ2n) is 12.1. The number of aromatic nitrogens is 2. The van der Waals surface area contributed by atoms with Crippen LogP contribution in [0.25, 0.3) is 11.0 Å². The van der Waals surface area contributed by atoms with Gasteiger partial charge < -0.3 is 20.3 Å². The number of carboxylic acids is 1. The highest BCUT2D eigenvalue weighted by atomic mass is 32.2. The monoisotopic (exact) mass is 618 g/mol. The number of piperazine rings is 1. The van der Waals surface area contributed by atoms with Crippen LogP contribution in [0.5, 0.6) is 0 Å². The Morgan fingerprint density at radius 1 is 0.909 bits per heavy atom. The van der Waals surface area contributed by atoms with Crippen LogP contribution in [0.3, 0.4) is 0 Å². The molecule has 1 saturated heterocycles. The van der Waals surface area contributed by atoms with Crippen molar-refractivity contribution in [1.29, 1.82) is 0 Å². The van der Waals surface area contributed by atoms with Gasteiger partial charge in [0.2, 0.25) is 10.0 Å². The molecule has 12 heteroatoms. The molecule has 232 valence electrons. The summed E-state index contributed by atoms with van der Waals surface area (Å²) < 4.78 is 28.7. The maximum absolute atomic E-state index is 13.2. The molecule has 0 aliphatic carbocycles. The van der Waals surface area contributed by atoms with Gasteiger partial charge in [0.15, 0.2) is 5.54 Å². The average Bonchev–Trinajstić information content (AvgIpc) is 3.41. The lowest BCUT2D eigenvalue weighted by atomic mass is 9.74. The molecule has 4 N–H and O–H groups in total. The van der Waals surface area contributed by atoms with Crippen molar-refractivity contribution in [2.45, 2.75) is 37.8 Å². The summed E-state index contributed by atoms with van der Waals surface area (Å²) in [6.45, 7) is 8.51. The van der Waals surface area contributed by atoms with Crippen molar-refractivity contribution in [2.75, 3.05) is 37.6 Å². The molecule has 11 nitrogen and oxygen atoms in total. The molecule has 0 unspecified atom stereocenters. The van der Waals surface area contributed by atoms with Gasteiger partial charge in [0, 0.05) is 44.0 Å². The van der Waals surface area contributed by atoms with Gasteiger partial charge in [-0.25, -0.2) is 13.4 Å². The van der Waals surface area contributed by atoms with Gasteiger partial charge in [0.05, 0.1) is 22.5 Å². The second-order valence-corrected chi connectivity index (χ2v) is 13.8. The predicted octanol–water partition coefficient (Wildman–Crippen LogP) is 3.46. The third-order valence-electron chi connectivity index (χ3n) is 8.20. The number of aromatic amines is 1. The summed E-state index contributed by atoms with van der Waals surface area (Å²) in [6.07, 6.45) is 0. The molecule has 0 bridgehead atoms. The summed E-state index contributed by atoms with van der Waals surface area (Å²) in [4.78, 5) is 38.4. The first kappa shape index (κ1) is 31.2. The number of fused-ring (bicyclic) bond motifs is 1. The van der Waals surface area contributed by atoms with Crippen LogP contribution in [0.15, 0.2) is 83.8 Å². The molecular formula is C32H38N6O5S. The number of benzene rings is 3. The van der Waals surface area contributed by atoms with E-state index < -0.39 is 39.4 Å². The van der Waals surface area contributed by atoms with Crippen molar-refractivity contribution in [1.82, 2.24) is 24.9 Å². The standard InChI is InChI=1S/C32H38N6O5S/c1-31(2,3)32(30(40)41,36-44(42,43)25-9-5-4-6-10-25)22-33-29(39)23-13-15-24(16-14-23)38-19-17-37(18-20-38)21-28-34-26-11-7-8-12-27(26)35-28/h4-16,36H,17-22H2,1-3H3,(H,33,39)(H,34,35)(H,40,41)/t32-/m0/s1. The SMILES string of the molecule is CC(C)(C)[C@@](CNC(=O)c1ccc(N2CCN(Cc3nc4ccccc4[nH]3)CC2)cc1)(NS(=O)(=O)c1ccccc1)C(=O)O. The third-order valence-corrected chi connectivity index (χ3v) is 9.71. The summed E-state index contributed by atoms with van der Waals surface area (Å²) in [5, 5.41) is 12.9. The van der Waals surface area contributed by atoms with Crippen LogP contribution in [0, 0.1) is 5.41 Å². The van der Waals surface area contributed by atoms with Crippen LogP contribution in [-0.2, 0) is 21.4 Å². The number of nitrogens with one attached hydrogen (secondary N) is 3. The lowest BCUT2D eigenvalue weighted by Crippen LogP contribution is -2.67. The Morgan fingerprint density at radius 2 is 1.55 bits per heavy atom. The molecule has 44 heavy (non-hydrogen) atoms. The molecule has 5 rings (SSSR count). The van der Waals surface area contributed by atoms with E-state index in [4.69, 9.17) is 0 Å². The number of carbonyl (C=O) groups excluding carboxylic acids is 1. The number of anilines is 1. The van der Waals surface area contributed by atoms with E-state index in [9.17, 15) is 23.1 Å². The number of nitrogens with zero attached hydrogens (tertiary/aromatic N) is 3. The number of hydrogen-bond donors (Lipinski definition) is 4. The minimum Gasteiger partial charge on any atom is -0.480 e. The van der Waals surface area contributed by atoms with Crippen LogP contribution >= 0.6 is 0 Å². The fourth-order valence-corrected chi connectivity index (χ4v) is 6.94. The van der Waals surface area contributed by atoms with Crippen LogP contribution < -0.4 is 14.9 Å². The number of imidazole rings is 1. The van der Waals surface area contributed by atoms with Crippen molar-refractivity contribution < 1.29 is 23.1 Å². The van der Waals surface area contributed by atoms with Crippen molar-refractivity contribution in [3.63, 3.8) is 0 Å². The predicted molar refractivity (Wildman–Crippen MR) is 169 cm³/mol. The number of sulfonamides is 1. The maximum Gasteiger partial charge on any atom is 0.327 e. The van der Waals surface area contributed by atoms with E-state index >= 15 is 0 Å². The zero-order chi connectivity index (χ0) is 31.5. The second kappa shape index (κ2) is 12.4. The Kier molecular flexibility index (Phi) is 8.78. The van der Waals surface area contributed by atoms with E-state index in [1.54, 1.807) is 51.1 Å². The first-order valence-electron chi connectivity index (χ1n) is 14.5. The normalized spacial score (nSPS) is 16.0. The Bertz CT molecular complexity index is 1690. The number of rotatable bonds is 10. The van der Waals surface area contributed by atoms with Crippen LogP contribution in [0.4, 0.5) is 5.69 Å². The number of carboxylic acid groups (broad SMARTS) is 1. The first-order chi connectivity index (χ1) is 20.9. The van der Waals surface area contributed by atoms with Gasteiger partial charge in [0.25, 0.3) is 5.91 Å². The number of carbonyl (C=O) groups is 2. The van der Waals surface area contributed by atoms with E-state index in [2.05, 4.69) is 29.8 Å². The highest BCUT2D eigenvalue weighted by Gasteiger charge is 2.52. The van der Waals surface area contributed by atoms with E-state index in [0.29, 0.717) is 5.56 Å². The first-order valence-corrected chi connectivity index (χ1v) is 16.0. The van der Waals surface area contributed by atoms with Gasteiger partial charge >= 0.3 is 5.97 Å². The summed E-state index contributed by atoms with van der Waals surface area (Å²) in [6, 6.07) is 22.7. The van der Waals surface area contributed by atoms with E-state index in [0.717, 1.165) is 55.3 Å². The molecule has 1 amide bonds. The minimum absolute atomic E-state index is 0.0628. The summed E-state index contributed by atoms with van der Waals surface area (Å²) in [5.74, 6) is -0.943. The van der Waals surface area contributed by atoms with E-state index in [-0.39, 0.29) is 4.90 Å². The Morgan fingerprint density at radius 3 is 2.16 bits per heavy atom. The lowest BCUT2D eigenvalue weighted by Gasteiger charge is -2.41. The van der Waals surface area contributed by atoms with Gasteiger partial charge in [-0.2, -0.15) is 4.72 Å². The smallest absolute Gasteiger partial charge is 0.327 e. The minimum atomic E-state index is -4.20. The molecule has 2 heterocycles. The van der Waals surface area contributed by atoms with Crippen LogP contribution in [0.2, 0.25) is 0 Å². The van der Waals surface area contributed by atoms with Crippen LogP contribution in [0.1, 0.15) is 37.0 Å². The molecule has 1 aliphatic heterocycles. The Hall–Kier alpha value is -4.26. The van der Waals surface area contributed by atoms with Crippen molar-refractivity contribution >= 4 is 38.6 Å². The topological polar surface area (TPSA) is 148 Å². The maximum atomic E-state index is 13.2. The van der Waals surface area contributed by atoms with Crippen LogP contribution in [-0.4, -0.2) is 78.5 Å². The van der Waals surface area contributed by atoms with E-state index in [1.165, 1.54) is 12.1 Å². The molecule has 4 aromatic rings. The Labute approximate surface area is 257 Å². The molecule has 0 spiro atoms. The molecule has 1 atom stereocenters. The number of para-hydroxylation sites is 2. The van der Waals surface area contributed by atoms with Crippen molar-refractivity contribution in [3.8, 4) is 0 Å². The zero-order valence-electron chi connectivity index (χ0n) is 25.1. The molecule has 1 fully saturated rings. The van der Waals surface area contributed by atoms with E-state index in [1.807, 2.05) is 36.4 Å². The van der Waals surface area contributed by atoms with Crippen molar-refractivity contribution in [2.24, 2.45) is 5.41 Å². The number of amides is 1. The molecule has 1 aromatic heterocycles. The van der Waals surface area contributed by atoms with Gasteiger partial charge in [-0.15, -0.1) is 0 Å². The molecule has 0 saturated carbocycles. The number of H-pyrrole nitrogens is 1. The fraction of sp³-hybridized carbons (Fsp3) is 0.344. The lowest BCUT2D eigenvalue weighted by molar-refractivity contribution is -0.148. The third kappa shape index (κ3) is 6.62. The summed E-state index contributed by atoms with van der Waals surface area (Å²) >= 11 is 0. The van der Waals surface area contributed by atoms with Gasteiger partial charge in [0.1, 0.15) is 5.82 Å². The van der Waals surface area contributed by atoms with Gasteiger partial charge in [-0.1, -0.05) is 51.1 Å². The number of hydrogen-bond acceptors (Lipinski definition) is 7. The fourth-order valence-electron chi connectivity index (χ4n) is 5.38. The molecular weight excluding hydrogens is 580 g/mol. The highest BCUT2D eigenvalue weighted by Crippen LogP contribution is 2.32. The molecule has 1 aliphatic rings. The van der Waals surface area contributed by atoms with Gasteiger partial charge in [-0.3, -0.25) is 14.5 Å². The zero-order valence-corrected chi connectivity index (χ0v) is 25.9. The Balaban J connectivity index is 1.20. The van der Waals surface area contributed by atoms with Crippen molar-refractivity contribution in [3.05, 3.63) is 90.3 Å². The summed E-state index contributed by atoms with van der Waals surface area (Å²) in [5.41, 5.74) is 0.215. The molecule has 0 radical (unpaired) electrons. The molecule has 3 aromatic carbocycles. The summed E-state index contributed by atoms with van der Waals surface area (Å²) in [7, 11) is -4.20. The van der Waals surface area contributed by atoms with Gasteiger partial charge in [-0.05, 0) is 53.9 Å². The quantitative estimate of drug-likeness (QED) is 0.211. The highest BCUT2D eigenvalue weighted by molar-refractivity contribution is 7.89. The number of aliphatic carboxylic acids is 1. The largest absolute Gasteiger partial charge is 0.480 e. The average molecular weight is 619 g/mol.